The van der Waals surface area contributed by atoms with Crippen molar-refractivity contribution in [3.63, 3.8) is 0 Å². The molecule has 100 valence electrons. The molecule has 0 atom stereocenters. The van der Waals surface area contributed by atoms with Crippen molar-refractivity contribution in [1.29, 1.82) is 0 Å². The first-order valence-electron chi connectivity index (χ1n) is 6.75. The molecule has 18 heavy (non-hydrogen) atoms. The van der Waals surface area contributed by atoms with Crippen molar-refractivity contribution in [2.24, 2.45) is 0 Å². The average Bonchev–Trinajstić information content (AvgIpc) is 2.34. The summed E-state index contributed by atoms with van der Waals surface area (Å²) in [5.41, 5.74) is 2.68. The summed E-state index contributed by atoms with van der Waals surface area (Å²) < 4.78 is 0. The first-order chi connectivity index (χ1) is 8.61. The topological polar surface area (TPSA) is 0 Å². The number of thiol groups is 1. The lowest BCUT2D eigenvalue weighted by molar-refractivity contribution is 1.22. The van der Waals surface area contributed by atoms with Gasteiger partial charge in [0.15, 0.2) is 9.80 Å². The molecule has 0 aliphatic heterocycles. The summed E-state index contributed by atoms with van der Waals surface area (Å²) in [6.45, 7) is 12.6. The van der Waals surface area contributed by atoms with Crippen LogP contribution < -0.4 is 0 Å². The van der Waals surface area contributed by atoms with Crippen molar-refractivity contribution in [3.05, 3.63) is 52.5 Å². The van der Waals surface area contributed by atoms with E-state index in [1.54, 1.807) is 0 Å². The summed E-state index contributed by atoms with van der Waals surface area (Å²) >= 11 is 1.31. The summed E-state index contributed by atoms with van der Waals surface area (Å²) in [7, 11) is 0. The number of rotatable bonds is 4. The van der Waals surface area contributed by atoms with Crippen LogP contribution in [-0.2, 0) is 11.8 Å². The monoisotopic (exact) mass is 263 g/mol. The number of aryl methyl sites for hydroxylation is 1. The quantitative estimate of drug-likeness (QED) is 0.385. The van der Waals surface area contributed by atoms with Crippen LogP contribution in [-0.4, -0.2) is 0 Å². The molecule has 0 nitrogen and oxygen atoms in total. The van der Waals surface area contributed by atoms with Gasteiger partial charge in [0.05, 0.1) is 0 Å². The van der Waals surface area contributed by atoms with Gasteiger partial charge >= 0.3 is 0 Å². The Kier molecular flexibility index (Phi) is 9.49. The van der Waals surface area contributed by atoms with Gasteiger partial charge in [0.2, 0.25) is 0 Å². The third kappa shape index (κ3) is 7.39. The second-order valence-corrected chi connectivity index (χ2v) is 5.46. The first-order valence-corrected chi connectivity index (χ1v) is 7.64. The molecule has 0 fully saturated rings. The van der Waals surface area contributed by atoms with Crippen LogP contribution in [0.4, 0.5) is 0 Å². The molecule has 0 saturated carbocycles. The molecule has 1 aromatic carbocycles. The van der Waals surface area contributed by atoms with Gasteiger partial charge < -0.3 is 0 Å². The Bertz CT molecular complexity index is 379. The fourth-order valence-electron chi connectivity index (χ4n) is 1.41. The van der Waals surface area contributed by atoms with Crippen LogP contribution in [0.25, 0.3) is 0 Å². The van der Waals surface area contributed by atoms with Gasteiger partial charge in [0.25, 0.3) is 0 Å². The van der Waals surface area contributed by atoms with Crippen LogP contribution in [0.5, 0.6) is 0 Å². The highest BCUT2D eigenvalue weighted by Crippen LogP contribution is 2.14. The van der Waals surface area contributed by atoms with Crippen LogP contribution in [0.2, 0.25) is 0 Å². The summed E-state index contributed by atoms with van der Waals surface area (Å²) in [5, 5.41) is 0. The molecule has 0 bridgehead atoms. The van der Waals surface area contributed by atoms with Gasteiger partial charge in [-0.25, -0.2) is 0 Å². The molecule has 0 aliphatic carbocycles. The van der Waals surface area contributed by atoms with E-state index in [1.807, 2.05) is 13.8 Å². The van der Waals surface area contributed by atoms with E-state index in [9.17, 15) is 0 Å². The Balaban J connectivity index is 0.00000137. The minimum Gasteiger partial charge on any atom is -0.0715 e. The van der Waals surface area contributed by atoms with Crippen molar-refractivity contribution in [2.75, 3.05) is 0 Å². The van der Waals surface area contributed by atoms with Crippen molar-refractivity contribution in [1.82, 2.24) is 0 Å². The lowest BCUT2D eigenvalue weighted by Crippen LogP contribution is -1.87. The van der Waals surface area contributed by atoms with Crippen LogP contribution in [0.1, 0.15) is 46.6 Å². The van der Waals surface area contributed by atoms with Crippen molar-refractivity contribution >= 4 is 11.8 Å². The number of allylic oxidation sites excluding steroid dienone is 3. The maximum atomic E-state index is 2.30. The molecule has 1 rings (SSSR count). The van der Waals surface area contributed by atoms with E-state index >= 15 is 0 Å². The van der Waals surface area contributed by atoms with Gasteiger partial charge in [-0.3, -0.25) is 0 Å². The van der Waals surface area contributed by atoms with E-state index in [0.717, 1.165) is 6.42 Å². The van der Waals surface area contributed by atoms with Gasteiger partial charge in [0, 0.05) is 11.8 Å². The maximum Gasteiger partial charge on any atom is 0.158 e. The molecule has 0 aromatic heterocycles. The number of hydrogen-bond donors (Lipinski definition) is 0. The lowest BCUT2D eigenvalue weighted by atomic mass is 10.2. The second kappa shape index (κ2) is 10.0. The van der Waals surface area contributed by atoms with E-state index in [-0.39, 0.29) is 0 Å². The van der Waals surface area contributed by atoms with Gasteiger partial charge in [-0.05, 0) is 51.5 Å². The standard InChI is InChI=1S/C15H20S.C2H6/c1-5-6-15(11-12(2)3)16-14-9-7-13(4)8-10-14;1-2/h6-11H,5H2,1-4H3;1-2H3/p+1/b15-6+;. The van der Waals surface area contributed by atoms with Crippen LogP contribution in [0.3, 0.4) is 0 Å². The molecular weight excluding hydrogens is 236 g/mol. The van der Waals surface area contributed by atoms with Crippen molar-refractivity contribution < 1.29 is 0 Å². The Morgan fingerprint density at radius 1 is 1.11 bits per heavy atom. The molecule has 1 heteroatoms. The smallest absolute Gasteiger partial charge is 0.0715 e. The molecule has 0 N–H and O–H groups in total. The van der Waals surface area contributed by atoms with E-state index in [2.05, 4.69) is 64.1 Å². The lowest BCUT2D eigenvalue weighted by Gasteiger charge is -1.96. The van der Waals surface area contributed by atoms with Gasteiger partial charge in [-0.2, -0.15) is 0 Å². The van der Waals surface area contributed by atoms with Crippen molar-refractivity contribution in [2.45, 2.75) is 52.9 Å². The normalized spacial score (nSPS) is 10.4. The summed E-state index contributed by atoms with van der Waals surface area (Å²) in [4.78, 5) is 2.76. The Morgan fingerprint density at radius 2 is 1.67 bits per heavy atom. The highest BCUT2D eigenvalue weighted by atomic mass is 32.2. The van der Waals surface area contributed by atoms with Crippen molar-refractivity contribution in [3.8, 4) is 0 Å². The minimum atomic E-state index is 1.10. The molecule has 0 saturated heterocycles. The highest BCUT2D eigenvalue weighted by Gasteiger charge is 2.07. The maximum absolute atomic E-state index is 2.30. The van der Waals surface area contributed by atoms with E-state index < -0.39 is 0 Å². The summed E-state index contributed by atoms with van der Waals surface area (Å²) in [5.74, 6) is 0. The molecule has 0 amide bonds. The SMILES string of the molecule is CC.CC/C=C(\C=C(C)C)[SH+]c1ccc(C)cc1. The highest BCUT2D eigenvalue weighted by molar-refractivity contribution is 7.83. The molecular formula is C17H27S+. The Hall–Kier alpha value is -0.950. The van der Waals surface area contributed by atoms with E-state index in [4.69, 9.17) is 0 Å². The Morgan fingerprint density at radius 3 is 2.11 bits per heavy atom. The zero-order valence-electron chi connectivity index (χ0n) is 12.6. The van der Waals surface area contributed by atoms with Gasteiger partial charge in [-0.15, -0.1) is 0 Å². The van der Waals surface area contributed by atoms with E-state index in [0.29, 0.717) is 0 Å². The average molecular weight is 263 g/mol. The zero-order valence-corrected chi connectivity index (χ0v) is 13.5. The molecule has 0 aliphatic rings. The van der Waals surface area contributed by atoms with E-state index in [1.165, 1.54) is 32.7 Å². The third-order valence-electron chi connectivity index (χ3n) is 2.14. The molecule has 0 heterocycles. The second-order valence-electron chi connectivity index (χ2n) is 4.21. The fourth-order valence-corrected chi connectivity index (χ4v) is 2.60. The number of benzene rings is 1. The Labute approximate surface area is 117 Å². The fraction of sp³-hybridized carbons (Fsp3) is 0.412. The van der Waals surface area contributed by atoms with Crippen LogP contribution >= 0.6 is 0 Å². The summed E-state index contributed by atoms with van der Waals surface area (Å²) in [6.07, 6.45) is 5.66. The minimum absolute atomic E-state index is 1.10. The van der Waals surface area contributed by atoms with Gasteiger partial charge in [-0.1, -0.05) is 44.0 Å². The molecule has 0 radical (unpaired) electrons. The van der Waals surface area contributed by atoms with Crippen LogP contribution in [0.15, 0.2) is 51.8 Å². The molecule has 1 aromatic rings. The first kappa shape index (κ1) is 17.1. The number of hydrogen-bond acceptors (Lipinski definition) is 0. The van der Waals surface area contributed by atoms with Gasteiger partial charge in [0.1, 0.15) is 0 Å². The summed E-state index contributed by atoms with van der Waals surface area (Å²) in [6, 6.07) is 8.77. The predicted octanol–water partition coefficient (Wildman–Crippen LogP) is 5.46. The third-order valence-corrected chi connectivity index (χ3v) is 3.27. The zero-order chi connectivity index (χ0) is 14.0. The van der Waals surface area contributed by atoms with Crippen LogP contribution in [0, 0.1) is 6.92 Å². The largest absolute Gasteiger partial charge is 0.158 e. The molecule has 0 unspecified atom stereocenters. The predicted molar refractivity (Wildman–Crippen MR) is 87.4 cm³/mol. The molecule has 0 spiro atoms.